The Labute approximate surface area is 115 Å². The molecule has 3 heterocycles. The summed E-state index contributed by atoms with van der Waals surface area (Å²) >= 11 is 0.781. The number of sulfonamides is 1. The summed E-state index contributed by atoms with van der Waals surface area (Å²) in [6, 6.07) is 0.689. The van der Waals surface area contributed by atoms with Gasteiger partial charge in [0.15, 0.2) is 4.21 Å². The molecule has 0 aromatic carbocycles. The molecule has 6 nitrogen and oxygen atoms in total. The summed E-state index contributed by atoms with van der Waals surface area (Å²) < 4.78 is 26.9. The fourth-order valence-corrected chi connectivity index (χ4v) is 5.82. The van der Waals surface area contributed by atoms with Crippen molar-refractivity contribution in [1.29, 1.82) is 0 Å². The smallest absolute Gasteiger partial charge is 0.305 e. The van der Waals surface area contributed by atoms with Crippen molar-refractivity contribution >= 4 is 21.4 Å². The Morgan fingerprint density at radius 1 is 1.26 bits per heavy atom. The third kappa shape index (κ3) is 2.37. The van der Waals surface area contributed by atoms with E-state index in [1.54, 1.807) is 6.92 Å². The van der Waals surface area contributed by atoms with Crippen LogP contribution in [0.4, 0.5) is 0 Å². The summed E-state index contributed by atoms with van der Waals surface area (Å²) in [5.74, 6) is 0. The highest BCUT2D eigenvalue weighted by molar-refractivity contribution is 7.91. The molecule has 0 aliphatic carbocycles. The number of aromatic amines is 1. The van der Waals surface area contributed by atoms with E-state index in [9.17, 15) is 13.2 Å². The van der Waals surface area contributed by atoms with Gasteiger partial charge in [-0.15, -0.1) is 0 Å². The zero-order valence-corrected chi connectivity index (χ0v) is 12.3. The topological polar surface area (TPSA) is 82.3 Å². The zero-order chi connectivity index (χ0) is 13.6. The molecule has 0 amide bonds. The van der Waals surface area contributed by atoms with Crippen LogP contribution in [-0.2, 0) is 10.0 Å². The summed E-state index contributed by atoms with van der Waals surface area (Å²) in [6.07, 6.45) is 3.00. The molecule has 2 saturated heterocycles. The number of aryl methyl sites for hydroxylation is 1. The van der Waals surface area contributed by atoms with E-state index >= 15 is 0 Å². The zero-order valence-electron chi connectivity index (χ0n) is 10.7. The second-order valence-corrected chi connectivity index (χ2v) is 8.33. The molecule has 2 atom stereocenters. The minimum absolute atomic E-state index is 0.162. The van der Waals surface area contributed by atoms with Crippen molar-refractivity contribution in [2.24, 2.45) is 0 Å². The van der Waals surface area contributed by atoms with Crippen molar-refractivity contribution in [3.05, 3.63) is 15.4 Å². The third-order valence-electron chi connectivity index (χ3n) is 3.84. The van der Waals surface area contributed by atoms with Gasteiger partial charge in [0.05, 0.1) is 0 Å². The molecule has 2 aliphatic heterocycles. The number of hydrogen-bond donors (Lipinski definition) is 2. The third-order valence-corrected chi connectivity index (χ3v) is 7.29. The highest BCUT2D eigenvalue weighted by Gasteiger charge is 2.36. The molecular formula is C11H17N3O3S2. The van der Waals surface area contributed by atoms with Crippen LogP contribution in [0, 0.1) is 6.92 Å². The van der Waals surface area contributed by atoms with Crippen molar-refractivity contribution in [3.8, 4) is 0 Å². The Balaban J connectivity index is 1.92. The van der Waals surface area contributed by atoms with Crippen molar-refractivity contribution in [2.75, 3.05) is 13.1 Å². The molecule has 0 saturated carbocycles. The Hall–Kier alpha value is -0.700. The minimum atomic E-state index is -3.54. The molecule has 2 unspecified atom stereocenters. The average Bonchev–Trinajstić information content (AvgIpc) is 2.81. The van der Waals surface area contributed by atoms with E-state index < -0.39 is 10.0 Å². The summed E-state index contributed by atoms with van der Waals surface area (Å²) in [6.45, 7) is 2.67. The Morgan fingerprint density at radius 2 is 2.00 bits per heavy atom. The first-order valence-corrected chi connectivity index (χ1v) is 8.68. The van der Waals surface area contributed by atoms with Gasteiger partial charge < -0.3 is 10.3 Å². The molecule has 106 valence electrons. The van der Waals surface area contributed by atoms with Crippen LogP contribution in [0.1, 0.15) is 25.0 Å². The number of rotatable bonds is 2. The van der Waals surface area contributed by atoms with Gasteiger partial charge in [-0.05, 0) is 26.2 Å². The van der Waals surface area contributed by atoms with Gasteiger partial charge in [0.25, 0.3) is 10.0 Å². The fourth-order valence-electron chi connectivity index (χ4n) is 2.88. The van der Waals surface area contributed by atoms with E-state index in [4.69, 9.17) is 0 Å². The largest absolute Gasteiger partial charge is 0.315 e. The van der Waals surface area contributed by atoms with Gasteiger partial charge >= 0.3 is 4.87 Å². The first-order chi connectivity index (χ1) is 8.96. The van der Waals surface area contributed by atoms with Crippen LogP contribution in [-0.4, -0.2) is 42.9 Å². The lowest BCUT2D eigenvalue weighted by Gasteiger charge is -2.23. The molecule has 8 heteroatoms. The second kappa shape index (κ2) is 4.69. The Morgan fingerprint density at radius 3 is 2.68 bits per heavy atom. The van der Waals surface area contributed by atoms with Crippen molar-refractivity contribution in [1.82, 2.24) is 14.6 Å². The Bertz CT molecular complexity index is 634. The first kappa shape index (κ1) is 13.3. The summed E-state index contributed by atoms with van der Waals surface area (Å²) in [5, 5.41) is 3.45. The van der Waals surface area contributed by atoms with Crippen molar-refractivity contribution < 1.29 is 8.42 Å². The first-order valence-electron chi connectivity index (χ1n) is 6.43. The number of thiazole rings is 1. The number of aromatic nitrogens is 1. The normalized spacial score (nSPS) is 28.5. The van der Waals surface area contributed by atoms with Crippen LogP contribution in [0.15, 0.2) is 9.00 Å². The van der Waals surface area contributed by atoms with Gasteiger partial charge in [-0.2, -0.15) is 4.31 Å². The molecular weight excluding hydrogens is 286 g/mol. The van der Waals surface area contributed by atoms with E-state index in [1.807, 2.05) is 0 Å². The molecule has 2 aliphatic rings. The highest BCUT2D eigenvalue weighted by Crippen LogP contribution is 2.27. The average molecular weight is 303 g/mol. The van der Waals surface area contributed by atoms with Gasteiger partial charge in [0.2, 0.25) is 0 Å². The maximum atomic E-state index is 12.6. The molecule has 2 fully saturated rings. The van der Waals surface area contributed by atoms with Crippen molar-refractivity contribution in [3.63, 3.8) is 0 Å². The predicted octanol–water partition coefficient (Wildman–Crippen LogP) is 0.260. The van der Waals surface area contributed by atoms with Crippen LogP contribution in [0.5, 0.6) is 0 Å². The molecule has 19 heavy (non-hydrogen) atoms. The van der Waals surface area contributed by atoms with Gasteiger partial charge in [0, 0.05) is 30.9 Å². The van der Waals surface area contributed by atoms with Crippen LogP contribution in [0.2, 0.25) is 0 Å². The lowest BCUT2D eigenvalue weighted by molar-refractivity contribution is 0.384. The fraction of sp³-hybridized carbons (Fsp3) is 0.727. The highest BCUT2D eigenvalue weighted by atomic mass is 32.2. The standard InChI is InChI=1S/C11H17N3O3S2/c1-7-10(18-11(15)12-7)19(16,17)14-5-4-8-2-3-9(6-14)13-8/h8-9,13H,2-6H2,1H3,(H,12,15). The molecule has 0 spiro atoms. The van der Waals surface area contributed by atoms with E-state index in [0.717, 1.165) is 30.6 Å². The van der Waals surface area contributed by atoms with Crippen molar-refractivity contribution in [2.45, 2.75) is 42.5 Å². The van der Waals surface area contributed by atoms with Gasteiger partial charge in [-0.25, -0.2) is 8.42 Å². The number of H-pyrrole nitrogens is 1. The lowest BCUT2D eigenvalue weighted by Crippen LogP contribution is -2.38. The van der Waals surface area contributed by atoms with Crippen LogP contribution in [0.25, 0.3) is 0 Å². The number of fused-ring (bicyclic) bond motifs is 2. The van der Waals surface area contributed by atoms with Gasteiger partial charge in [-0.3, -0.25) is 4.79 Å². The predicted molar refractivity (Wildman–Crippen MR) is 73.0 cm³/mol. The molecule has 2 N–H and O–H groups in total. The van der Waals surface area contributed by atoms with Crippen LogP contribution >= 0.6 is 11.3 Å². The van der Waals surface area contributed by atoms with E-state index in [0.29, 0.717) is 24.8 Å². The number of hydrogen-bond acceptors (Lipinski definition) is 5. The SMILES string of the molecule is Cc1[nH]c(=O)sc1S(=O)(=O)N1CCC2CCC(C1)N2. The Kier molecular flexibility index (Phi) is 3.28. The number of nitrogens with one attached hydrogen (secondary N) is 2. The summed E-state index contributed by atoms with van der Waals surface area (Å²) in [4.78, 5) is 13.5. The molecule has 1 aromatic heterocycles. The molecule has 0 radical (unpaired) electrons. The van der Waals surface area contributed by atoms with E-state index in [2.05, 4.69) is 10.3 Å². The van der Waals surface area contributed by atoms with Gasteiger partial charge in [-0.1, -0.05) is 11.3 Å². The second-order valence-electron chi connectivity index (χ2n) is 5.22. The minimum Gasteiger partial charge on any atom is -0.315 e. The quantitative estimate of drug-likeness (QED) is 0.821. The maximum Gasteiger partial charge on any atom is 0.305 e. The van der Waals surface area contributed by atoms with Crippen LogP contribution < -0.4 is 10.2 Å². The molecule has 1 aromatic rings. The monoisotopic (exact) mass is 303 g/mol. The number of nitrogens with zero attached hydrogens (tertiary/aromatic N) is 1. The van der Waals surface area contributed by atoms with Crippen LogP contribution in [0.3, 0.4) is 0 Å². The van der Waals surface area contributed by atoms with Gasteiger partial charge in [0.1, 0.15) is 0 Å². The maximum absolute atomic E-state index is 12.6. The summed E-state index contributed by atoms with van der Waals surface area (Å²) in [5.41, 5.74) is 0.442. The summed E-state index contributed by atoms with van der Waals surface area (Å²) in [7, 11) is -3.54. The lowest BCUT2D eigenvalue weighted by atomic mass is 10.1. The van der Waals surface area contributed by atoms with E-state index in [-0.39, 0.29) is 15.1 Å². The van der Waals surface area contributed by atoms with E-state index in [1.165, 1.54) is 4.31 Å². The molecule has 3 rings (SSSR count). The molecule has 2 bridgehead atoms.